The molecule has 0 fully saturated rings. The Morgan fingerprint density at radius 3 is 0.952 bits per heavy atom. The molecule has 0 heterocycles. The Hall–Kier alpha value is 0.527. The summed E-state index contributed by atoms with van der Waals surface area (Å²) >= 11 is 0. The third kappa shape index (κ3) is 16.7. The van der Waals surface area contributed by atoms with Crippen molar-refractivity contribution in [1.29, 1.82) is 0 Å². The number of hydrogen-bond donors (Lipinski definition) is 1. The van der Waals surface area contributed by atoms with Gasteiger partial charge < -0.3 is 4.80 Å². The van der Waals surface area contributed by atoms with Gasteiger partial charge in [-0.3, -0.25) is 0 Å². The summed E-state index contributed by atoms with van der Waals surface area (Å²) in [6, 6.07) is 0. The minimum Gasteiger partial charge on any atom is -0.435 e. The van der Waals surface area contributed by atoms with E-state index in [1.807, 2.05) is 13.1 Å². The van der Waals surface area contributed by atoms with Crippen LogP contribution in [0.25, 0.3) is 0 Å². The summed E-state index contributed by atoms with van der Waals surface area (Å²) in [5.41, 5.74) is 0. The monoisotopic (exact) mass is 336 g/mol. The van der Waals surface area contributed by atoms with Crippen molar-refractivity contribution < 1.29 is 4.80 Å². The third-order valence-electron chi connectivity index (χ3n) is 3.72. The van der Waals surface area contributed by atoms with Gasteiger partial charge in [0.1, 0.15) is 0 Å². The number of rotatable bonds is 12. The third-order valence-corrected chi connectivity index (χ3v) is 8.34. The first-order valence-electron chi connectivity index (χ1n) is 9.40. The van der Waals surface area contributed by atoms with Gasteiger partial charge in [-0.15, -0.1) is 0 Å². The molecule has 0 saturated heterocycles. The Morgan fingerprint density at radius 1 is 0.619 bits per heavy atom. The van der Waals surface area contributed by atoms with E-state index in [1.54, 1.807) is 23.0 Å². The fourth-order valence-corrected chi connectivity index (χ4v) is 7.24. The molecule has 0 spiro atoms. The lowest BCUT2D eigenvalue weighted by Gasteiger charge is -2.41. The van der Waals surface area contributed by atoms with E-state index in [2.05, 4.69) is 27.7 Å². The number of unbranched alkanes of at least 4 members (excludes halogenated alkanes) is 4. The maximum absolute atomic E-state index is 8.19. The van der Waals surface area contributed by atoms with Crippen LogP contribution < -0.4 is 0 Å². The molecule has 3 heteroatoms. The SMILES string of the molecule is CCCCS(CCCC)(CCCC)CCCC.C[SiH](C)O. The van der Waals surface area contributed by atoms with E-state index in [0.29, 0.717) is 0 Å². The molecule has 0 aromatic carbocycles. The average molecular weight is 337 g/mol. The van der Waals surface area contributed by atoms with E-state index < -0.39 is 9.04 Å². The predicted molar refractivity (Wildman–Crippen MR) is 108 cm³/mol. The zero-order chi connectivity index (χ0) is 16.6. The lowest BCUT2D eigenvalue weighted by Crippen LogP contribution is -2.18. The Balaban J connectivity index is 0. The summed E-state index contributed by atoms with van der Waals surface area (Å²) in [5, 5.41) is 0. The molecular weight excluding hydrogens is 292 g/mol. The quantitative estimate of drug-likeness (QED) is 0.436. The van der Waals surface area contributed by atoms with Gasteiger partial charge in [0, 0.05) is 0 Å². The van der Waals surface area contributed by atoms with Crippen LogP contribution in [-0.4, -0.2) is 36.8 Å². The Bertz CT molecular complexity index is 157. The lowest BCUT2D eigenvalue weighted by atomic mass is 10.4. The van der Waals surface area contributed by atoms with Crippen molar-refractivity contribution in [3.63, 3.8) is 0 Å². The van der Waals surface area contributed by atoms with Crippen LogP contribution >= 0.6 is 10.0 Å². The van der Waals surface area contributed by atoms with Crippen LogP contribution in [0.15, 0.2) is 0 Å². The molecule has 0 aromatic heterocycles. The fourth-order valence-electron chi connectivity index (χ4n) is 2.41. The highest BCUT2D eigenvalue weighted by molar-refractivity contribution is 8.33. The van der Waals surface area contributed by atoms with E-state index in [-0.39, 0.29) is 10.0 Å². The van der Waals surface area contributed by atoms with E-state index >= 15 is 0 Å². The van der Waals surface area contributed by atoms with Crippen LogP contribution in [0.2, 0.25) is 13.1 Å². The van der Waals surface area contributed by atoms with Crippen LogP contribution in [0.1, 0.15) is 79.1 Å². The van der Waals surface area contributed by atoms with Crippen molar-refractivity contribution in [2.24, 2.45) is 0 Å². The normalized spacial score (nSPS) is 12.2. The Morgan fingerprint density at radius 2 is 0.810 bits per heavy atom. The highest BCUT2D eigenvalue weighted by Gasteiger charge is 2.21. The van der Waals surface area contributed by atoms with Gasteiger partial charge in [-0.05, 0) is 61.8 Å². The first-order chi connectivity index (χ1) is 9.97. The Labute approximate surface area is 139 Å². The molecule has 0 saturated carbocycles. The van der Waals surface area contributed by atoms with Gasteiger partial charge in [0.2, 0.25) is 0 Å². The van der Waals surface area contributed by atoms with Gasteiger partial charge in [-0.25, -0.2) is 10.0 Å². The second-order valence-corrected chi connectivity index (χ2v) is 12.8. The molecule has 0 radical (unpaired) electrons. The van der Waals surface area contributed by atoms with Crippen LogP contribution in [0, 0.1) is 0 Å². The van der Waals surface area contributed by atoms with Crippen LogP contribution in [0.4, 0.5) is 0 Å². The van der Waals surface area contributed by atoms with E-state index in [9.17, 15) is 0 Å². The highest BCUT2D eigenvalue weighted by Crippen LogP contribution is 2.51. The van der Waals surface area contributed by atoms with E-state index in [1.165, 1.54) is 51.4 Å². The highest BCUT2D eigenvalue weighted by atomic mass is 32.3. The van der Waals surface area contributed by atoms with E-state index in [4.69, 9.17) is 4.80 Å². The van der Waals surface area contributed by atoms with Crippen molar-refractivity contribution in [2.75, 3.05) is 23.0 Å². The minimum atomic E-state index is -1.14. The molecule has 132 valence electrons. The van der Waals surface area contributed by atoms with Crippen molar-refractivity contribution in [3.8, 4) is 0 Å². The van der Waals surface area contributed by atoms with Crippen LogP contribution in [0.3, 0.4) is 0 Å². The summed E-state index contributed by atoms with van der Waals surface area (Å²) in [6.07, 6.45) is 11.5. The van der Waals surface area contributed by atoms with Crippen LogP contribution in [0.5, 0.6) is 0 Å². The molecule has 1 nitrogen and oxygen atoms in total. The maximum Gasteiger partial charge on any atom is 0.166 e. The zero-order valence-corrected chi connectivity index (χ0v) is 17.9. The molecule has 0 aliphatic carbocycles. The van der Waals surface area contributed by atoms with Crippen LogP contribution in [-0.2, 0) is 0 Å². The molecule has 0 unspecified atom stereocenters. The van der Waals surface area contributed by atoms with Crippen molar-refractivity contribution in [2.45, 2.75) is 92.2 Å². The Kier molecular flexibility index (Phi) is 19.1. The predicted octanol–water partition coefficient (Wildman–Crippen LogP) is 5.95. The topological polar surface area (TPSA) is 20.2 Å². The summed E-state index contributed by atoms with van der Waals surface area (Å²) in [4.78, 5) is 8.19. The zero-order valence-electron chi connectivity index (χ0n) is 15.9. The molecule has 0 bridgehead atoms. The maximum atomic E-state index is 8.19. The van der Waals surface area contributed by atoms with Gasteiger partial charge >= 0.3 is 0 Å². The number of hydrogen-bond acceptors (Lipinski definition) is 1. The van der Waals surface area contributed by atoms with Crippen molar-refractivity contribution in [3.05, 3.63) is 0 Å². The molecule has 1 N–H and O–H groups in total. The molecule has 0 aromatic rings. The first kappa shape index (κ1) is 23.8. The van der Waals surface area contributed by atoms with Gasteiger partial charge in [0.05, 0.1) is 0 Å². The summed E-state index contributed by atoms with van der Waals surface area (Å²) in [5.74, 6) is 6.29. The molecule has 0 aliphatic heterocycles. The van der Waals surface area contributed by atoms with Gasteiger partial charge in [0.25, 0.3) is 0 Å². The lowest BCUT2D eigenvalue weighted by molar-refractivity contribution is 0.587. The molecule has 0 amide bonds. The van der Waals surface area contributed by atoms with E-state index in [0.717, 1.165) is 0 Å². The fraction of sp³-hybridized carbons (Fsp3) is 1.00. The summed E-state index contributed by atoms with van der Waals surface area (Å²) in [6.45, 7) is 13.1. The molecule has 0 aliphatic rings. The van der Waals surface area contributed by atoms with Gasteiger partial charge in [-0.2, -0.15) is 0 Å². The second kappa shape index (κ2) is 16.9. The van der Waals surface area contributed by atoms with Crippen molar-refractivity contribution in [1.82, 2.24) is 0 Å². The molecular formula is C18H44OSSi. The molecule has 21 heavy (non-hydrogen) atoms. The standard InChI is InChI=1S/C16H36S.C2H8OSi/c1-5-9-13-17(14-10-6-2,15-11-7-3)16-12-8-4;1-4(2)3/h5-16H2,1-4H3;3-4H,1-2H3. The minimum absolute atomic E-state index is 0.245. The molecule has 0 rings (SSSR count). The summed E-state index contributed by atoms with van der Waals surface area (Å²) in [7, 11) is -1.38. The first-order valence-corrected chi connectivity index (χ1v) is 14.5. The van der Waals surface area contributed by atoms with Gasteiger partial charge in [-0.1, -0.05) is 53.4 Å². The average Bonchev–Trinajstić information content (AvgIpc) is 2.45. The van der Waals surface area contributed by atoms with Gasteiger partial charge in [0.15, 0.2) is 9.04 Å². The largest absolute Gasteiger partial charge is 0.435 e. The van der Waals surface area contributed by atoms with Crippen molar-refractivity contribution >= 4 is 19.1 Å². The summed E-state index contributed by atoms with van der Waals surface area (Å²) < 4.78 is 0. The smallest absolute Gasteiger partial charge is 0.166 e. The molecule has 0 atom stereocenters. The second-order valence-electron chi connectivity index (χ2n) is 6.55.